The van der Waals surface area contributed by atoms with Crippen molar-refractivity contribution in [2.75, 3.05) is 20.1 Å². The number of piperidine rings is 1. The molecular formula is C9H18N2. The first kappa shape index (κ1) is 7.56. The molecule has 2 fully saturated rings. The van der Waals surface area contributed by atoms with Crippen molar-refractivity contribution in [3.8, 4) is 0 Å². The summed E-state index contributed by atoms with van der Waals surface area (Å²) in [5.74, 6) is 0.925. The average molecular weight is 154 g/mol. The summed E-state index contributed by atoms with van der Waals surface area (Å²) in [6.45, 7) is 4.85. The number of nitrogens with one attached hydrogen (secondary N) is 1. The number of rotatable bonds is 0. The Kier molecular flexibility index (Phi) is 1.90. The lowest BCUT2D eigenvalue weighted by Gasteiger charge is -2.34. The van der Waals surface area contributed by atoms with Gasteiger partial charge in [0.15, 0.2) is 0 Å². The van der Waals surface area contributed by atoms with Crippen LogP contribution < -0.4 is 5.32 Å². The first-order chi connectivity index (χ1) is 5.29. The Morgan fingerprint density at radius 3 is 2.91 bits per heavy atom. The molecular weight excluding hydrogens is 136 g/mol. The van der Waals surface area contributed by atoms with Gasteiger partial charge in [-0.3, -0.25) is 0 Å². The third-order valence-corrected chi connectivity index (χ3v) is 3.42. The maximum atomic E-state index is 3.55. The van der Waals surface area contributed by atoms with Crippen LogP contribution in [0.15, 0.2) is 0 Å². The van der Waals surface area contributed by atoms with Gasteiger partial charge in [0.2, 0.25) is 0 Å². The molecule has 2 heteroatoms. The molecule has 2 heterocycles. The summed E-state index contributed by atoms with van der Waals surface area (Å²) in [5.41, 5.74) is 0. The van der Waals surface area contributed by atoms with E-state index in [2.05, 4.69) is 24.2 Å². The second-order valence-corrected chi connectivity index (χ2v) is 4.03. The zero-order valence-electron chi connectivity index (χ0n) is 7.51. The predicted molar refractivity (Wildman–Crippen MR) is 46.6 cm³/mol. The zero-order chi connectivity index (χ0) is 7.84. The summed E-state index contributed by atoms with van der Waals surface area (Å²) in [6, 6.07) is 1.63. The standard InChI is InChI=1S/C9H18N2/c1-7-8-4-6-11(2)9(8)3-5-10-7/h7-10H,3-6H2,1-2H3. The van der Waals surface area contributed by atoms with Crippen LogP contribution in [0, 0.1) is 5.92 Å². The van der Waals surface area contributed by atoms with Crippen LogP contribution in [0.25, 0.3) is 0 Å². The summed E-state index contributed by atoms with van der Waals surface area (Å²) in [7, 11) is 2.27. The molecule has 2 saturated heterocycles. The molecule has 3 atom stereocenters. The third-order valence-electron chi connectivity index (χ3n) is 3.42. The fraction of sp³-hybridized carbons (Fsp3) is 1.00. The lowest BCUT2D eigenvalue weighted by Crippen LogP contribution is -2.47. The van der Waals surface area contributed by atoms with Crippen molar-refractivity contribution in [1.82, 2.24) is 10.2 Å². The SMILES string of the molecule is CC1NCCC2C1CCN2C. The van der Waals surface area contributed by atoms with Gasteiger partial charge in [0.25, 0.3) is 0 Å². The van der Waals surface area contributed by atoms with Gasteiger partial charge in [0.1, 0.15) is 0 Å². The van der Waals surface area contributed by atoms with Crippen molar-refractivity contribution < 1.29 is 0 Å². The lowest BCUT2D eigenvalue weighted by molar-refractivity contribution is 0.192. The molecule has 0 saturated carbocycles. The molecule has 2 aliphatic rings. The first-order valence-electron chi connectivity index (χ1n) is 4.72. The Balaban J connectivity index is 2.07. The van der Waals surface area contributed by atoms with Gasteiger partial charge < -0.3 is 10.2 Å². The Morgan fingerprint density at radius 2 is 2.18 bits per heavy atom. The monoisotopic (exact) mass is 154 g/mol. The van der Waals surface area contributed by atoms with E-state index in [4.69, 9.17) is 0 Å². The van der Waals surface area contributed by atoms with Gasteiger partial charge in [0, 0.05) is 12.1 Å². The molecule has 0 spiro atoms. The molecule has 11 heavy (non-hydrogen) atoms. The fourth-order valence-corrected chi connectivity index (χ4v) is 2.67. The molecule has 0 aliphatic carbocycles. The van der Waals surface area contributed by atoms with E-state index in [9.17, 15) is 0 Å². The minimum Gasteiger partial charge on any atom is -0.314 e. The van der Waals surface area contributed by atoms with E-state index in [0.29, 0.717) is 0 Å². The first-order valence-corrected chi connectivity index (χ1v) is 4.72. The Labute approximate surface area is 69.0 Å². The Bertz CT molecular complexity index is 144. The van der Waals surface area contributed by atoms with Gasteiger partial charge in [-0.05, 0) is 45.8 Å². The van der Waals surface area contributed by atoms with Crippen LogP contribution in [0.3, 0.4) is 0 Å². The van der Waals surface area contributed by atoms with E-state index in [-0.39, 0.29) is 0 Å². The van der Waals surface area contributed by atoms with Crippen LogP contribution in [0.4, 0.5) is 0 Å². The normalized spacial score (nSPS) is 45.8. The average Bonchev–Trinajstić information content (AvgIpc) is 2.35. The van der Waals surface area contributed by atoms with Crippen molar-refractivity contribution in [3.05, 3.63) is 0 Å². The van der Waals surface area contributed by atoms with E-state index in [1.807, 2.05) is 0 Å². The highest BCUT2D eigenvalue weighted by atomic mass is 15.2. The largest absolute Gasteiger partial charge is 0.314 e. The van der Waals surface area contributed by atoms with Crippen LogP contribution >= 0.6 is 0 Å². The summed E-state index contributed by atoms with van der Waals surface area (Å²) < 4.78 is 0. The quantitative estimate of drug-likeness (QED) is 0.552. The van der Waals surface area contributed by atoms with Crippen LogP contribution in [-0.4, -0.2) is 37.1 Å². The summed E-state index contributed by atoms with van der Waals surface area (Å²) in [5, 5.41) is 3.55. The third kappa shape index (κ3) is 1.18. The molecule has 0 aromatic carbocycles. The van der Waals surface area contributed by atoms with E-state index < -0.39 is 0 Å². The highest BCUT2D eigenvalue weighted by Crippen LogP contribution is 2.30. The summed E-state index contributed by atoms with van der Waals surface area (Å²) >= 11 is 0. The fourth-order valence-electron chi connectivity index (χ4n) is 2.67. The van der Waals surface area contributed by atoms with Crippen molar-refractivity contribution in [2.45, 2.75) is 31.8 Å². The van der Waals surface area contributed by atoms with E-state index in [0.717, 1.165) is 18.0 Å². The van der Waals surface area contributed by atoms with Gasteiger partial charge in [0.05, 0.1) is 0 Å². The minimum atomic E-state index is 0.749. The topological polar surface area (TPSA) is 15.3 Å². The highest BCUT2D eigenvalue weighted by Gasteiger charge is 2.37. The number of nitrogens with zero attached hydrogens (tertiary/aromatic N) is 1. The molecule has 0 radical (unpaired) electrons. The van der Waals surface area contributed by atoms with Crippen molar-refractivity contribution >= 4 is 0 Å². The number of hydrogen-bond donors (Lipinski definition) is 1. The second kappa shape index (κ2) is 2.76. The molecule has 64 valence electrons. The van der Waals surface area contributed by atoms with Crippen molar-refractivity contribution in [1.29, 1.82) is 0 Å². The highest BCUT2D eigenvalue weighted by molar-refractivity contribution is 4.94. The van der Waals surface area contributed by atoms with Crippen LogP contribution in [-0.2, 0) is 0 Å². The molecule has 1 N–H and O–H groups in total. The van der Waals surface area contributed by atoms with Gasteiger partial charge in [-0.25, -0.2) is 0 Å². The van der Waals surface area contributed by atoms with Gasteiger partial charge in [-0.2, -0.15) is 0 Å². The van der Waals surface area contributed by atoms with E-state index in [1.165, 1.54) is 25.9 Å². The predicted octanol–water partition coefficient (Wildman–Crippen LogP) is 0.689. The molecule has 0 bridgehead atoms. The maximum Gasteiger partial charge on any atom is 0.0148 e. The smallest absolute Gasteiger partial charge is 0.0148 e. The molecule has 3 unspecified atom stereocenters. The molecule has 0 aromatic rings. The Morgan fingerprint density at radius 1 is 1.36 bits per heavy atom. The second-order valence-electron chi connectivity index (χ2n) is 4.03. The van der Waals surface area contributed by atoms with Gasteiger partial charge >= 0.3 is 0 Å². The zero-order valence-corrected chi connectivity index (χ0v) is 7.51. The van der Waals surface area contributed by atoms with Crippen LogP contribution in [0.5, 0.6) is 0 Å². The van der Waals surface area contributed by atoms with Crippen molar-refractivity contribution in [3.63, 3.8) is 0 Å². The number of likely N-dealkylation sites (tertiary alicyclic amines) is 1. The molecule has 2 aliphatic heterocycles. The van der Waals surface area contributed by atoms with Gasteiger partial charge in [-0.1, -0.05) is 0 Å². The van der Waals surface area contributed by atoms with Crippen molar-refractivity contribution in [2.24, 2.45) is 5.92 Å². The minimum absolute atomic E-state index is 0.749. The maximum absolute atomic E-state index is 3.55. The van der Waals surface area contributed by atoms with Crippen LogP contribution in [0.1, 0.15) is 19.8 Å². The molecule has 2 nitrogen and oxygen atoms in total. The van der Waals surface area contributed by atoms with Gasteiger partial charge in [-0.15, -0.1) is 0 Å². The molecule has 2 rings (SSSR count). The molecule has 0 amide bonds. The summed E-state index contributed by atoms with van der Waals surface area (Å²) in [4.78, 5) is 2.53. The van der Waals surface area contributed by atoms with Crippen LogP contribution in [0.2, 0.25) is 0 Å². The number of hydrogen-bond acceptors (Lipinski definition) is 2. The van der Waals surface area contributed by atoms with E-state index in [1.54, 1.807) is 0 Å². The number of fused-ring (bicyclic) bond motifs is 1. The van der Waals surface area contributed by atoms with E-state index >= 15 is 0 Å². The molecule has 0 aromatic heterocycles. The summed E-state index contributed by atoms with van der Waals surface area (Å²) in [6.07, 6.45) is 2.75. The Hall–Kier alpha value is -0.0800. The lowest BCUT2D eigenvalue weighted by atomic mass is 9.88.